The van der Waals surface area contributed by atoms with Crippen LogP contribution in [0.25, 0.3) is 5.69 Å². The van der Waals surface area contributed by atoms with E-state index in [0.717, 1.165) is 27.6 Å². The molecule has 8 heteroatoms. The van der Waals surface area contributed by atoms with E-state index in [1.54, 1.807) is 7.05 Å². The molecule has 0 aliphatic carbocycles. The Morgan fingerprint density at radius 2 is 1.89 bits per heavy atom. The van der Waals surface area contributed by atoms with Crippen molar-refractivity contribution in [1.29, 1.82) is 0 Å². The molecule has 1 unspecified atom stereocenters. The summed E-state index contributed by atoms with van der Waals surface area (Å²) in [6.45, 7) is 8.17. The van der Waals surface area contributed by atoms with Crippen LogP contribution in [0.3, 0.4) is 0 Å². The first-order valence-electron chi connectivity index (χ1n) is 8.94. The van der Waals surface area contributed by atoms with E-state index >= 15 is 0 Å². The van der Waals surface area contributed by atoms with Gasteiger partial charge in [-0.3, -0.25) is 14.6 Å². The van der Waals surface area contributed by atoms with E-state index in [1.807, 2.05) is 53.4 Å². The highest BCUT2D eigenvalue weighted by molar-refractivity contribution is 6.18. The predicted octanol–water partition coefficient (Wildman–Crippen LogP) is 2.14. The number of ether oxygens (including phenoxy) is 1. The molecule has 1 saturated heterocycles. The Morgan fingerprint density at radius 1 is 1.21 bits per heavy atom. The summed E-state index contributed by atoms with van der Waals surface area (Å²) in [6.07, 6.45) is 1.89. The SMILES string of the molecule is C=C(C)COc1ccc(-n2c(C)c[n+]3c2N=C2C3C(=O)N(C)C(=O)N2C)cc1. The van der Waals surface area contributed by atoms with E-state index in [9.17, 15) is 9.59 Å². The number of urea groups is 1. The molecule has 3 amide bonds. The van der Waals surface area contributed by atoms with Gasteiger partial charge in [-0.05, 0) is 43.7 Å². The molecule has 2 aromatic rings. The highest BCUT2D eigenvalue weighted by atomic mass is 16.5. The molecule has 1 aromatic carbocycles. The summed E-state index contributed by atoms with van der Waals surface area (Å²) in [5.74, 6) is 1.52. The maximum atomic E-state index is 12.7. The van der Waals surface area contributed by atoms with Gasteiger partial charge in [-0.2, -0.15) is 4.57 Å². The molecule has 8 nitrogen and oxygen atoms in total. The van der Waals surface area contributed by atoms with Crippen molar-refractivity contribution in [2.45, 2.75) is 19.9 Å². The first kappa shape index (κ1) is 18.0. The molecule has 1 fully saturated rings. The monoisotopic (exact) mass is 380 g/mol. The second kappa shape index (κ2) is 6.33. The summed E-state index contributed by atoms with van der Waals surface area (Å²) in [4.78, 5) is 32.1. The van der Waals surface area contributed by atoms with Gasteiger partial charge < -0.3 is 4.74 Å². The highest BCUT2D eigenvalue weighted by Gasteiger charge is 2.52. The third kappa shape index (κ3) is 2.60. The van der Waals surface area contributed by atoms with Gasteiger partial charge in [-0.15, -0.1) is 0 Å². The maximum absolute atomic E-state index is 12.7. The Morgan fingerprint density at radius 3 is 2.54 bits per heavy atom. The number of rotatable bonds is 4. The van der Waals surface area contributed by atoms with Crippen LogP contribution >= 0.6 is 0 Å². The Kier molecular flexibility index (Phi) is 4.06. The zero-order chi connectivity index (χ0) is 20.2. The number of imide groups is 1. The third-order valence-corrected chi connectivity index (χ3v) is 4.91. The van der Waals surface area contributed by atoms with Crippen molar-refractivity contribution >= 4 is 23.7 Å². The zero-order valence-corrected chi connectivity index (χ0v) is 16.3. The Balaban J connectivity index is 1.73. The van der Waals surface area contributed by atoms with Gasteiger partial charge in [-0.25, -0.2) is 9.36 Å². The molecule has 0 saturated carbocycles. The molecule has 2 aliphatic rings. The van der Waals surface area contributed by atoms with E-state index < -0.39 is 6.04 Å². The number of hydrogen-bond acceptors (Lipinski definition) is 4. The van der Waals surface area contributed by atoms with Gasteiger partial charge >= 0.3 is 12.0 Å². The lowest BCUT2D eigenvalue weighted by Gasteiger charge is -2.30. The molecule has 1 atom stereocenters. The van der Waals surface area contributed by atoms with Gasteiger partial charge in [0.2, 0.25) is 11.9 Å². The molecule has 0 N–H and O–H groups in total. The van der Waals surface area contributed by atoms with Crippen LogP contribution in [-0.4, -0.2) is 52.8 Å². The smallest absolute Gasteiger partial charge is 0.406 e. The average Bonchev–Trinajstić information content (AvgIpc) is 3.18. The van der Waals surface area contributed by atoms with Crippen LogP contribution in [0.15, 0.2) is 47.6 Å². The molecule has 3 heterocycles. The van der Waals surface area contributed by atoms with Crippen LogP contribution in [0.1, 0.15) is 18.7 Å². The predicted molar refractivity (Wildman–Crippen MR) is 103 cm³/mol. The summed E-state index contributed by atoms with van der Waals surface area (Å²) >= 11 is 0. The molecular formula is C20H22N5O3+. The van der Waals surface area contributed by atoms with E-state index in [4.69, 9.17) is 4.74 Å². The molecule has 0 spiro atoms. The number of aliphatic imine (C=N–C) groups is 1. The van der Waals surface area contributed by atoms with Crippen LogP contribution in [0.5, 0.6) is 5.75 Å². The number of likely N-dealkylation sites (N-methyl/N-ethyl adjacent to an activating group) is 2. The van der Waals surface area contributed by atoms with Crippen LogP contribution in [0.2, 0.25) is 0 Å². The molecule has 1 aromatic heterocycles. The fourth-order valence-electron chi connectivity index (χ4n) is 3.48. The highest BCUT2D eigenvalue weighted by Crippen LogP contribution is 2.31. The quantitative estimate of drug-likeness (QED) is 0.603. The molecule has 0 radical (unpaired) electrons. The maximum Gasteiger partial charge on any atom is 0.406 e. The normalized spacial score (nSPS) is 18.1. The summed E-state index contributed by atoms with van der Waals surface area (Å²) in [6, 6.07) is 6.64. The van der Waals surface area contributed by atoms with Crippen molar-refractivity contribution in [1.82, 2.24) is 14.4 Å². The number of imidazole rings is 1. The molecule has 144 valence electrons. The lowest BCUT2D eigenvalue weighted by molar-refractivity contribution is -0.676. The van der Waals surface area contributed by atoms with Gasteiger partial charge in [0.15, 0.2) is 0 Å². The number of benzene rings is 1. The number of aryl methyl sites for hydroxylation is 1. The largest absolute Gasteiger partial charge is 0.489 e. The molecule has 4 rings (SSSR count). The number of amides is 3. The van der Waals surface area contributed by atoms with Crippen molar-refractivity contribution in [3.05, 3.63) is 48.3 Å². The van der Waals surface area contributed by atoms with Crippen molar-refractivity contribution in [2.75, 3.05) is 20.7 Å². The van der Waals surface area contributed by atoms with Crippen molar-refractivity contribution in [3.8, 4) is 11.4 Å². The van der Waals surface area contributed by atoms with E-state index in [-0.39, 0.29) is 11.9 Å². The summed E-state index contributed by atoms with van der Waals surface area (Å²) in [5.41, 5.74) is 2.78. The third-order valence-electron chi connectivity index (χ3n) is 4.91. The summed E-state index contributed by atoms with van der Waals surface area (Å²) < 4.78 is 9.43. The average molecular weight is 380 g/mol. The Labute approximate surface area is 163 Å². The number of hydrogen-bond donors (Lipinski definition) is 0. The van der Waals surface area contributed by atoms with Crippen molar-refractivity contribution < 1.29 is 18.9 Å². The van der Waals surface area contributed by atoms with Crippen molar-refractivity contribution in [3.63, 3.8) is 0 Å². The first-order valence-corrected chi connectivity index (χ1v) is 8.94. The van der Waals surface area contributed by atoms with Crippen LogP contribution in [-0.2, 0) is 4.79 Å². The fourth-order valence-corrected chi connectivity index (χ4v) is 3.48. The molecule has 2 aliphatic heterocycles. The van der Waals surface area contributed by atoms with Crippen LogP contribution in [0.4, 0.5) is 10.7 Å². The van der Waals surface area contributed by atoms with Crippen LogP contribution in [0, 0.1) is 6.92 Å². The topological polar surface area (TPSA) is 71.0 Å². The number of carbonyl (C=O) groups excluding carboxylic acids is 2. The van der Waals surface area contributed by atoms with Crippen molar-refractivity contribution in [2.24, 2.45) is 4.99 Å². The number of aromatic nitrogens is 2. The van der Waals surface area contributed by atoms with Gasteiger partial charge in [0.05, 0.1) is 0 Å². The minimum absolute atomic E-state index is 0.286. The van der Waals surface area contributed by atoms with Gasteiger partial charge in [-0.1, -0.05) is 11.6 Å². The van der Waals surface area contributed by atoms with E-state index in [2.05, 4.69) is 11.6 Å². The molecule has 0 bridgehead atoms. The van der Waals surface area contributed by atoms with E-state index in [1.165, 1.54) is 11.9 Å². The molecular weight excluding hydrogens is 358 g/mol. The second-order valence-electron chi connectivity index (χ2n) is 7.16. The summed E-state index contributed by atoms with van der Waals surface area (Å²) in [5, 5.41) is 0. The first-order chi connectivity index (χ1) is 13.3. The lowest BCUT2D eigenvalue weighted by Crippen LogP contribution is -2.61. The second-order valence-corrected chi connectivity index (χ2v) is 7.16. The standard InChI is InChI=1S/C20H22N5O3/c1-12(2)11-28-15-8-6-14(7-9-15)25-13(3)10-24-16-17(21-19(24)25)22(4)20(27)23(5)18(16)26/h6-10,16H,1,11H2,2-5H3/q+1. The Bertz CT molecular complexity index is 1030. The lowest BCUT2D eigenvalue weighted by atomic mass is 10.2. The summed E-state index contributed by atoms with van der Waals surface area (Å²) in [7, 11) is 3.12. The Hall–Kier alpha value is -3.42. The van der Waals surface area contributed by atoms with E-state index in [0.29, 0.717) is 18.4 Å². The number of fused-ring (bicyclic) bond motifs is 3. The number of amidine groups is 1. The fraction of sp³-hybridized carbons (Fsp3) is 0.300. The minimum atomic E-state index is -0.624. The van der Waals surface area contributed by atoms with Gasteiger partial charge in [0, 0.05) is 14.1 Å². The van der Waals surface area contributed by atoms with Gasteiger partial charge in [0.25, 0.3) is 5.91 Å². The molecule has 28 heavy (non-hydrogen) atoms. The number of carbonyl (C=O) groups is 2. The minimum Gasteiger partial charge on any atom is -0.489 e. The van der Waals surface area contributed by atoms with Crippen LogP contribution < -0.4 is 9.30 Å². The number of nitrogens with zero attached hydrogens (tertiary/aromatic N) is 5. The zero-order valence-electron chi connectivity index (χ0n) is 16.3. The van der Waals surface area contributed by atoms with Gasteiger partial charge in [0.1, 0.15) is 29.9 Å².